The molecule has 33 heavy (non-hydrogen) atoms. The van der Waals surface area contributed by atoms with Crippen LogP contribution in [-0.4, -0.2) is 0 Å². The second kappa shape index (κ2) is 25.1. The van der Waals surface area contributed by atoms with E-state index in [4.69, 9.17) is 0 Å². The highest BCUT2D eigenvalue weighted by Gasteiger charge is 2.08. The lowest BCUT2D eigenvalue weighted by molar-refractivity contribution is 0.368. The monoisotopic (exact) mass is 465 g/mol. The third-order valence-corrected chi connectivity index (χ3v) is 8.43. The maximum atomic E-state index is 2.50. The normalized spacial score (nSPS) is 15.5. The Morgan fingerprint density at radius 2 is 0.576 bits per heavy atom. The van der Waals surface area contributed by atoms with E-state index in [-0.39, 0.29) is 0 Å². The number of hydrogen-bond acceptors (Lipinski definition) is 0. The topological polar surface area (TPSA) is 0 Å². The molecule has 0 N–H and O–H groups in total. The Bertz CT molecular complexity index is 359. The van der Waals surface area contributed by atoms with Crippen molar-refractivity contribution in [1.82, 2.24) is 0 Å². The summed E-state index contributed by atoms with van der Waals surface area (Å²) < 4.78 is 0. The molecule has 0 aliphatic rings. The maximum absolute atomic E-state index is 2.50. The molecule has 4 atom stereocenters. The van der Waals surface area contributed by atoms with E-state index in [1.165, 1.54) is 148 Å². The molecule has 0 heteroatoms. The van der Waals surface area contributed by atoms with Gasteiger partial charge in [-0.2, -0.15) is 0 Å². The summed E-state index contributed by atoms with van der Waals surface area (Å²) in [4.78, 5) is 0. The third kappa shape index (κ3) is 24.9. The minimum absolute atomic E-state index is 0.930. The van der Waals surface area contributed by atoms with Gasteiger partial charge >= 0.3 is 0 Å². The molecule has 0 bridgehead atoms. The minimum atomic E-state index is 0.930. The zero-order chi connectivity index (χ0) is 24.6. The molecule has 0 fully saturated rings. The van der Waals surface area contributed by atoms with E-state index >= 15 is 0 Å². The SMILES string of the molecule is CCCCCCCCCCCCCCC(C)CCCC(C)CCCC(C)CCCC(C)CC. The first-order valence-corrected chi connectivity index (χ1v) is 16.0. The highest BCUT2D eigenvalue weighted by Crippen LogP contribution is 2.24. The number of rotatable bonds is 26. The van der Waals surface area contributed by atoms with Crippen LogP contribution in [0, 0.1) is 23.7 Å². The highest BCUT2D eigenvalue weighted by molar-refractivity contribution is 4.62. The second-order valence-electron chi connectivity index (χ2n) is 12.3. The van der Waals surface area contributed by atoms with E-state index in [1.54, 1.807) is 0 Å². The molecular weight excluding hydrogens is 396 g/mol. The van der Waals surface area contributed by atoms with Crippen LogP contribution < -0.4 is 0 Å². The van der Waals surface area contributed by atoms with E-state index in [1.807, 2.05) is 0 Å². The van der Waals surface area contributed by atoms with Crippen LogP contribution in [0.3, 0.4) is 0 Å². The standard InChI is InChI=1S/C33H68/c1-7-9-10-11-12-13-14-15-16-17-18-19-23-31(4)26-21-27-33(6)29-22-28-32(5)25-20-24-30(3)8-2/h30-33H,7-29H2,1-6H3. The van der Waals surface area contributed by atoms with Gasteiger partial charge < -0.3 is 0 Å². The molecule has 0 aliphatic heterocycles. The van der Waals surface area contributed by atoms with Gasteiger partial charge in [0.2, 0.25) is 0 Å². The lowest BCUT2D eigenvalue weighted by atomic mass is 9.90. The summed E-state index contributed by atoms with van der Waals surface area (Å²) >= 11 is 0. The first-order chi connectivity index (χ1) is 16.0. The molecule has 0 aromatic rings. The van der Waals surface area contributed by atoms with Gasteiger partial charge in [-0.05, 0) is 23.7 Å². The summed E-state index contributed by atoms with van der Waals surface area (Å²) in [6, 6.07) is 0. The van der Waals surface area contributed by atoms with E-state index in [2.05, 4.69) is 41.5 Å². The predicted molar refractivity (Wildman–Crippen MR) is 154 cm³/mol. The Morgan fingerprint density at radius 3 is 0.909 bits per heavy atom. The number of hydrogen-bond donors (Lipinski definition) is 0. The van der Waals surface area contributed by atoms with Crippen molar-refractivity contribution < 1.29 is 0 Å². The molecule has 200 valence electrons. The van der Waals surface area contributed by atoms with Gasteiger partial charge in [0.05, 0.1) is 0 Å². The summed E-state index contributed by atoms with van der Waals surface area (Å²) in [5.41, 5.74) is 0. The van der Waals surface area contributed by atoms with Crippen molar-refractivity contribution in [3.05, 3.63) is 0 Å². The van der Waals surface area contributed by atoms with Gasteiger partial charge in [-0.1, -0.05) is 189 Å². The van der Waals surface area contributed by atoms with Crippen LogP contribution in [0.25, 0.3) is 0 Å². The lowest BCUT2D eigenvalue weighted by Crippen LogP contribution is -2.02. The average molecular weight is 465 g/mol. The Labute approximate surface area is 212 Å². The second-order valence-corrected chi connectivity index (χ2v) is 12.3. The largest absolute Gasteiger partial charge is 0.0654 e. The van der Waals surface area contributed by atoms with Crippen LogP contribution in [0.15, 0.2) is 0 Å². The Morgan fingerprint density at radius 1 is 0.303 bits per heavy atom. The van der Waals surface area contributed by atoms with Crippen LogP contribution in [0.4, 0.5) is 0 Å². The average Bonchev–Trinajstić information content (AvgIpc) is 2.79. The fraction of sp³-hybridized carbons (Fsp3) is 1.00. The predicted octanol–water partition coefficient (Wildman–Crippen LogP) is 12.5. The maximum Gasteiger partial charge on any atom is -0.0443 e. The quantitative estimate of drug-likeness (QED) is 0.112. The molecule has 0 saturated carbocycles. The van der Waals surface area contributed by atoms with E-state index < -0.39 is 0 Å². The van der Waals surface area contributed by atoms with Crippen LogP contribution in [-0.2, 0) is 0 Å². The molecule has 0 heterocycles. The molecule has 0 aliphatic carbocycles. The molecular formula is C33H68. The highest BCUT2D eigenvalue weighted by atomic mass is 14.1. The third-order valence-electron chi connectivity index (χ3n) is 8.43. The Kier molecular flexibility index (Phi) is 25.1. The van der Waals surface area contributed by atoms with Crippen molar-refractivity contribution in [3.63, 3.8) is 0 Å². The molecule has 0 spiro atoms. The molecule has 0 aromatic carbocycles. The van der Waals surface area contributed by atoms with Crippen LogP contribution in [0.2, 0.25) is 0 Å². The van der Waals surface area contributed by atoms with Gasteiger partial charge in [0, 0.05) is 0 Å². The Balaban J connectivity index is 3.40. The van der Waals surface area contributed by atoms with Gasteiger partial charge in [0.15, 0.2) is 0 Å². The summed E-state index contributed by atoms with van der Waals surface area (Å²) in [7, 11) is 0. The van der Waals surface area contributed by atoms with Crippen molar-refractivity contribution in [2.75, 3.05) is 0 Å². The zero-order valence-electron chi connectivity index (χ0n) is 24.6. The summed E-state index contributed by atoms with van der Waals surface area (Å²) in [6.07, 6.45) is 33.5. The fourth-order valence-electron chi connectivity index (χ4n) is 5.42. The summed E-state index contributed by atoms with van der Waals surface area (Å²) in [6.45, 7) is 14.5. The van der Waals surface area contributed by atoms with Crippen molar-refractivity contribution in [2.24, 2.45) is 23.7 Å². The molecule has 0 aromatic heterocycles. The summed E-state index contributed by atoms with van der Waals surface area (Å²) in [5.74, 6) is 3.76. The van der Waals surface area contributed by atoms with Gasteiger partial charge in [-0.25, -0.2) is 0 Å². The van der Waals surface area contributed by atoms with Gasteiger partial charge in [-0.3, -0.25) is 0 Å². The first-order valence-electron chi connectivity index (χ1n) is 16.0. The minimum Gasteiger partial charge on any atom is -0.0654 e. The van der Waals surface area contributed by atoms with Crippen LogP contribution in [0.1, 0.15) is 189 Å². The van der Waals surface area contributed by atoms with Gasteiger partial charge in [-0.15, -0.1) is 0 Å². The first kappa shape index (κ1) is 33.0. The number of unbranched alkanes of at least 4 members (excludes halogenated alkanes) is 11. The zero-order valence-corrected chi connectivity index (χ0v) is 24.6. The van der Waals surface area contributed by atoms with E-state index in [0.29, 0.717) is 0 Å². The van der Waals surface area contributed by atoms with Crippen LogP contribution in [0.5, 0.6) is 0 Å². The molecule has 0 nitrogen and oxygen atoms in total. The van der Waals surface area contributed by atoms with E-state index in [9.17, 15) is 0 Å². The van der Waals surface area contributed by atoms with Crippen LogP contribution >= 0.6 is 0 Å². The fourth-order valence-corrected chi connectivity index (χ4v) is 5.42. The molecule has 0 radical (unpaired) electrons. The smallest absolute Gasteiger partial charge is 0.0443 e. The molecule has 0 amide bonds. The lowest BCUT2D eigenvalue weighted by Gasteiger charge is -2.16. The van der Waals surface area contributed by atoms with Gasteiger partial charge in [0.1, 0.15) is 0 Å². The summed E-state index contributed by atoms with van der Waals surface area (Å²) in [5, 5.41) is 0. The molecule has 0 saturated heterocycles. The van der Waals surface area contributed by atoms with Crippen molar-refractivity contribution in [1.29, 1.82) is 0 Å². The van der Waals surface area contributed by atoms with Crippen molar-refractivity contribution in [3.8, 4) is 0 Å². The molecule has 4 unspecified atom stereocenters. The van der Waals surface area contributed by atoms with E-state index in [0.717, 1.165) is 23.7 Å². The van der Waals surface area contributed by atoms with Crippen molar-refractivity contribution >= 4 is 0 Å². The van der Waals surface area contributed by atoms with Gasteiger partial charge in [0.25, 0.3) is 0 Å². The Hall–Kier alpha value is 0. The molecule has 0 rings (SSSR count). The van der Waals surface area contributed by atoms with Crippen molar-refractivity contribution in [2.45, 2.75) is 189 Å².